The fourth-order valence-electron chi connectivity index (χ4n) is 2.75. The number of hydrogen-bond acceptors (Lipinski definition) is 4. The van der Waals surface area contributed by atoms with Crippen LogP contribution in [0.3, 0.4) is 0 Å². The number of esters is 1. The summed E-state index contributed by atoms with van der Waals surface area (Å²) in [6.07, 6.45) is 0.0307. The molecule has 1 heterocycles. The van der Waals surface area contributed by atoms with Crippen molar-refractivity contribution < 1.29 is 23.5 Å². The van der Waals surface area contributed by atoms with Gasteiger partial charge in [-0.05, 0) is 30.3 Å². The van der Waals surface area contributed by atoms with Gasteiger partial charge in [-0.15, -0.1) is 0 Å². The summed E-state index contributed by atoms with van der Waals surface area (Å²) in [7, 11) is 0. The Labute approximate surface area is 159 Å². The largest absolute Gasteiger partial charge is 0.455 e. The lowest BCUT2D eigenvalue weighted by Gasteiger charge is -2.16. The molecule has 0 spiro atoms. The Bertz CT molecular complexity index is 875. The Balaban J connectivity index is 1.51. The summed E-state index contributed by atoms with van der Waals surface area (Å²) >= 11 is 5.64. The first-order chi connectivity index (χ1) is 12.9. The maximum atomic E-state index is 13.1. The minimum atomic E-state index is -0.634. The Hall–Kier alpha value is -2.93. The Morgan fingerprint density at radius 3 is 2.67 bits per heavy atom. The van der Waals surface area contributed by atoms with Crippen LogP contribution in [0.5, 0.6) is 0 Å². The fraction of sp³-hybridized carbons (Fsp3) is 0.211. The summed E-state index contributed by atoms with van der Waals surface area (Å²) in [5.74, 6) is -2.61. The topological polar surface area (TPSA) is 75.7 Å². The van der Waals surface area contributed by atoms with Gasteiger partial charge < -0.3 is 15.0 Å². The Kier molecular flexibility index (Phi) is 5.71. The molecule has 2 aromatic carbocycles. The van der Waals surface area contributed by atoms with E-state index in [4.69, 9.17) is 16.3 Å². The van der Waals surface area contributed by atoms with Crippen LogP contribution in [-0.2, 0) is 19.1 Å². The van der Waals surface area contributed by atoms with Crippen molar-refractivity contribution in [2.75, 3.05) is 23.4 Å². The molecule has 0 saturated carbocycles. The lowest BCUT2D eigenvalue weighted by atomic mass is 10.1. The average Bonchev–Trinajstić information content (AvgIpc) is 3.05. The zero-order valence-corrected chi connectivity index (χ0v) is 14.9. The molecule has 2 amide bonds. The third-order valence-electron chi connectivity index (χ3n) is 4.08. The fourth-order valence-corrected chi connectivity index (χ4v) is 2.93. The van der Waals surface area contributed by atoms with Gasteiger partial charge in [-0.3, -0.25) is 14.4 Å². The van der Waals surface area contributed by atoms with Crippen molar-refractivity contribution >= 4 is 40.8 Å². The van der Waals surface area contributed by atoms with Crippen molar-refractivity contribution in [2.24, 2.45) is 5.92 Å². The number of rotatable bonds is 5. The van der Waals surface area contributed by atoms with Gasteiger partial charge in [0.2, 0.25) is 5.91 Å². The average molecular weight is 391 g/mol. The van der Waals surface area contributed by atoms with Gasteiger partial charge >= 0.3 is 5.97 Å². The van der Waals surface area contributed by atoms with E-state index in [-0.39, 0.29) is 29.6 Å². The van der Waals surface area contributed by atoms with E-state index in [1.807, 2.05) is 6.07 Å². The van der Waals surface area contributed by atoms with E-state index in [0.717, 1.165) is 6.07 Å². The van der Waals surface area contributed by atoms with Crippen LogP contribution in [0.1, 0.15) is 6.42 Å². The highest BCUT2D eigenvalue weighted by atomic mass is 35.5. The molecule has 8 heteroatoms. The van der Waals surface area contributed by atoms with Gasteiger partial charge in [0.15, 0.2) is 6.61 Å². The third kappa shape index (κ3) is 4.62. The van der Waals surface area contributed by atoms with Crippen LogP contribution in [0.4, 0.5) is 15.8 Å². The molecule has 3 rings (SSSR count). The molecule has 0 aliphatic carbocycles. The lowest BCUT2D eigenvalue weighted by molar-refractivity contribution is -0.151. The molecule has 0 radical (unpaired) electrons. The van der Waals surface area contributed by atoms with Crippen molar-refractivity contribution in [1.29, 1.82) is 0 Å². The molecular formula is C19H16ClFN2O4. The highest BCUT2D eigenvalue weighted by Gasteiger charge is 2.36. The molecule has 1 aliphatic heterocycles. The van der Waals surface area contributed by atoms with E-state index >= 15 is 0 Å². The number of hydrogen-bond donors (Lipinski definition) is 1. The first-order valence-corrected chi connectivity index (χ1v) is 8.59. The molecule has 0 aromatic heterocycles. The molecule has 0 unspecified atom stereocenters. The summed E-state index contributed by atoms with van der Waals surface area (Å²) in [6, 6.07) is 12.7. The van der Waals surface area contributed by atoms with Crippen LogP contribution in [0, 0.1) is 11.7 Å². The molecule has 0 bridgehead atoms. The molecule has 1 N–H and O–H groups in total. The molecule has 140 valence electrons. The Morgan fingerprint density at radius 1 is 1.22 bits per heavy atom. The van der Waals surface area contributed by atoms with Gasteiger partial charge in [0.25, 0.3) is 5.91 Å². The number of nitrogens with zero attached hydrogens (tertiary/aromatic N) is 1. The van der Waals surface area contributed by atoms with Crippen LogP contribution < -0.4 is 10.2 Å². The predicted molar refractivity (Wildman–Crippen MR) is 97.9 cm³/mol. The summed E-state index contributed by atoms with van der Waals surface area (Å²) < 4.78 is 18.1. The van der Waals surface area contributed by atoms with Crippen LogP contribution in [-0.4, -0.2) is 30.9 Å². The molecule has 6 nitrogen and oxygen atoms in total. The second kappa shape index (κ2) is 8.18. The molecular weight excluding hydrogens is 375 g/mol. The Morgan fingerprint density at radius 2 is 1.96 bits per heavy atom. The number of benzene rings is 2. The van der Waals surface area contributed by atoms with Gasteiger partial charge in [0.1, 0.15) is 5.82 Å². The number of carbonyl (C=O) groups is 3. The van der Waals surface area contributed by atoms with Crippen LogP contribution in [0.25, 0.3) is 0 Å². The smallest absolute Gasteiger partial charge is 0.311 e. The van der Waals surface area contributed by atoms with E-state index < -0.39 is 30.2 Å². The first kappa shape index (κ1) is 18.8. The maximum absolute atomic E-state index is 13.1. The summed E-state index contributed by atoms with van der Waals surface area (Å²) in [5.41, 5.74) is 0.998. The van der Waals surface area contributed by atoms with Crippen molar-refractivity contribution in [3.05, 3.63) is 59.4 Å². The first-order valence-electron chi connectivity index (χ1n) is 8.21. The molecule has 2 aromatic rings. The van der Waals surface area contributed by atoms with Gasteiger partial charge in [0, 0.05) is 24.3 Å². The SMILES string of the molecule is O=C(COC(=O)[C@@H]1CC(=O)N(c2ccccc2)C1)Nc1ccc(F)c(Cl)c1. The van der Waals surface area contributed by atoms with E-state index in [1.165, 1.54) is 17.0 Å². The summed E-state index contributed by atoms with van der Waals surface area (Å²) in [4.78, 5) is 37.7. The summed E-state index contributed by atoms with van der Waals surface area (Å²) in [5, 5.41) is 2.33. The lowest BCUT2D eigenvalue weighted by Crippen LogP contribution is -2.28. The molecule has 27 heavy (non-hydrogen) atoms. The van der Waals surface area contributed by atoms with Crippen molar-refractivity contribution in [2.45, 2.75) is 6.42 Å². The minimum Gasteiger partial charge on any atom is -0.455 e. The quantitative estimate of drug-likeness (QED) is 0.796. The number of ether oxygens (including phenoxy) is 1. The third-order valence-corrected chi connectivity index (χ3v) is 4.36. The number of carbonyl (C=O) groups excluding carboxylic acids is 3. The maximum Gasteiger partial charge on any atom is 0.311 e. The second-order valence-electron chi connectivity index (χ2n) is 6.03. The van der Waals surface area contributed by atoms with E-state index in [9.17, 15) is 18.8 Å². The molecule has 1 fully saturated rings. The number of amides is 2. The van der Waals surface area contributed by atoms with Crippen LogP contribution in [0.2, 0.25) is 5.02 Å². The number of halogens is 2. The van der Waals surface area contributed by atoms with Crippen molar-refractivity contribution in [1.82, 2.24) is 0 Å². The molecule has 1 saturated heterocycles. The van der Waals surface area contributed by atoms with Crippen molar-refractivity contribution in [3.63, 3.8) is 0 Å². The standard InChI is InChI=1S/C19H16ClFN2O4/c20-15-9-13(6-7-16(15)21)22-17(24)11-27-19(26)12-8-18(25)23(10-12)14-4-2-1-3-5-14/h1-7,9,12H,8,10-11H2,(H,22,24)/t12-/m1/s1. The van der Waals surface area contributed by atoms with E-state index in [2.05, 4.69) is 5.32 Å². The highest BCUT2D eigenvalue weighted by Crippen LogP contribution is 2.25. The van der Waals surface area contributed by atoms with Gasteiger partial charge in [-0.2, -0.15) is 0 Å². The van der Waals surface area contributed by atoms with Crippen LogP contribution >= 0.6 is 11.6 Å². The monoisotopic (exact) mass is 390 g/mol. The van der Waals surface area contributed by atoms with Crippen LogP contribution in [0.15, 0.2) is 48.5 Å². The van der Waals surface area contributed by atoms with Gasteiger partial charge in [-0.1, -0.05) is 29.8 Å². The van der Waals surface area contributed by atoms with Gasteiger partial charge in [0.05, 0.1) is 10.9 Å². The minimum absolute atomic E-state index is 0.0307. The number of nitrogens with one attached hydrogen (secondary N) is 1. The van der Waals surface area contributed by atoms with E-state index in [0.29, 0.717) is 5.69 Å². The normalized spacial score (nSPS) is 16.3. The highest BCUT2D eigenvalue weighted by molar-refractivity contribution is 6.31. The number of anilines is 2. The second-order valence-corrected chi connectivity index (χ2v) is 6.43. The zero-order valence-electron chi connectivity index (χ0n) is 14.2. The number of para-hydroxylation sites is 1. The molecule has 1 aliphatic rings. The van der Waals surface area contributed by atoms with Crippen molar-refractivity contribution in [3.8, 4) is 0 Å². The summed E-state index contributed by atoms with van der Waals surface area (Å²) in [6.45, 7) is -0.305. The van der Waals surface area contributed by atoms with E-state index in [1.54, 1.807) is 24.3 Å². The predicted octanol–water partition coefficient (Wildman–Crippen LogP) is 3.01. The zero-order chi connectivity index (χ0) is 19.4. The molecule has 1 atom stereocenters. The van der Waals surface area contributed by atoms with Gasteiger partial charge in [-0.25, -0.2) is 4.39 Å².